The van der Waals surface area contributed by atoms with E-state index >= 15 is 0 Å². The summed E-state index contributed by atoms with van der Waals surface area (Å²) < 4.78 is 37.6. The molecule has 0 saturated carbocycles. The van der Waals surface area contributed by atoms with E-state index in [0.717, 1.165) is 0 Å². The van der Waals surface area contributed by atoms with Gasteiger partial charge in [-0.2, -0.15) is 4.31 Å². The van der Waals surface area contributed by atoms with E-state index < -0.39 is 10.0 Å². The minimum absolute atomic E-state index is 0.00112. The number of likely N-dealkylation sites (tertiary alicyclic amines) is 1. The Morgan fingerprint density at radius 1 is 1.03 bits per heavy atom. The molecule has 0 unspecified atom stereocenters. The second kappa shape index (κ2) is 11.1. The first-order valence-corrected chi connectivity index (χ1v) is 12.9. The SMILES string of the molecule is O=C(CN1CCC(C(=O)NCc2ccco2)CC1)Nc1cccc(S(=O)(=O)N2CCOCC2)c1. The molecule has 1 aromatic heterocycles. The lowest BCUT2D eigenvalue weighted by atomic mass is 9.96. The van der Waals surface area contributed by atoms with Gasteiger partial charge in [0.05, 0.1) is 37.5 Å². The van der Waals surface area contributed by atoms with Crippen molar-refractivity contribution in [1.82, 2.24) is 14.5 Å². The molecule has 0 atom stereocenters. The van der Waals surface area contributed by atoms with E-state index in [2.05, 4.69) is 10.6 Å². The Morgan fingerprint density at radius 3 is 2.50 bits per heavy atom. The molecule has 3 heterocycles. The predicted molar refractivity (Wildman–Crippen MR) is 124 cm³/mol. The van der Waals surface area contributed by atoms with E-state index in [-0.39, 0.29) is 29.2 Å². The zero-order valence-corrected chi connectivity index (χ0v) is 19.8. The number of hydrogen-bond donors (Lipinski definition) is 2. The average molecular weight is 491 g/mol. The zero-order valence-electron chi connectivity index (χ0n) is 18.9. The number of piperidine rings is 1. The molecule has 2 aromatic rings. The van der Waals surface area contributed by atoms with Crippen molar-refractivity contribution in [2.75, 3.05) is 51.3 Å². The lowest BCUT2D eigenvalue weighted by Crippen LogP contribution is -2.43. The first kappa shape index (κ1) is 24.4. The number of hydrogen-bond acceptors (Lipinski definition) is 7. The maximum absolute atomic E-state index is 12.9. The van der Waals surface area contributed by atoms with Crippen LogP contribution >= 0.6 is 0 Å². The lowest BCUT2D eigenvalue weighted by molar-refractivity contribution is -0.126. The minimum atomic E-state index is -3.63. The van der Waals surface area contributed by atoms with Gasteiger partial charge in [-0.3, -0.25) is 14.5 Å². The van der Waals surface area contributed by atoms with Gasteiger partial charge < -0.3 is 19.8 Å². The molecule has 11 heteroatoms. The number of anilines is 1. The fourth-order valence-corrected chi connectivity index (χ4v) is 5.61. The zero-order chi connectivity index (χ0) is 24.0. The molecule has 4 rings (SSSR count). The van der Waals surface area contributed by atoms with Crippen LogP contribution in [0.4, 0.5) is 5.69 Å². The molecule has 2 saturated heterocycles. The van der Waals surface area contributed by atoms with Gasteiger partial charge in [0.1, 0.15) is 5.76 Å². The second-order valence-electron chi connectivity index (χ2n) is 8.44. The van der Waals surface area contributed by atoms with Crippen molar-refractivity contribution < 1.29 is 27.2 Å². The molecule has 2 amide bonds. The van der Waals surface area contributed by atoms with Gasteiger partial charge >= 0.3 is 0 Å². The molecule has 0 aliphatic carbocycles. The number of carbonyl (C=O) groups is 2. The van der Waals surface area contributed by atoms with Crippen molar-refractivity contribution in [3.8, 4) is 0 Å². The molecule has 34 heavy (non-hydrogen) atoms. The summed E-state index contributed by atoms with van der Waals surface area (Å²) in [5, 5.41) is 5.69. The fraction of sp³-hybridized carbons (Fsp3) is 0.478. The van der Waals surface area contributed by atoms with Crippen molar-refractivity contribution in [1.29, 1.82) is 0 Å². The summed E-state index contributed by atoms with van der Waals surface area (Å²) in [4.78, 5) is 27.1. The number of amides is 2. The summed E-state index contributed by atoms with van der Waals surface area (Å²) in [7, 11) is -3.63. The average Bonchev–Trinajstić information content (AvgIpc) is 3.37. The van der Waals surface area contributed by atoms with Crippen LogP contribution in [0.1, 0.15) is 18.6 Å². The van der Waals surface area contributed by atoms with Gasteiger partial charge in [-0.15, -0.1) is 0 Å². The van der Waals surface area contributed by atoms with Crippen molar-refractivity contribution in [2.45, 2.75) is 24.3 Å². The van der Waals surface area contributed by atoms with Crippen LogP contribution in [-0.2, 0) is 30.9 Å². The molecule has 2 aliphatic rings. The minimum Gasteiger partial charge on any atom is -0.467 e. The van der Waals surface area contributed by atoms with Crippen LogP contribution < -0.4 is 10.6 Å². The number of morpholine rings is 1. The maximum Gasteiger partial charge on any atom is 0.243 e. The molecule has 0 bridgehead atoms. The molecule has 0 radical (unpaired) electrons. The Hall–Kier alpha value is -2.73. The predicted octanol–water partition coefficient (Wildman–Crippen LogP) is 1.27. The van der Waals surface area contributed by atoms with E-state index in [1.807, 2.05) is 11.0 Å². The van der Waals surface area contributed by atoms with Crippen LogP contribution in [0.25, 0.3) is 0 Å². The van der Waals surface area contributed by atoms with Crippen molar-refractivity contribution in [3.63, 3.8) is 0 Å². The van der Waals surface area contributed by atoms with Crippen LogP contribution in [-0.4, -0.2) is 75.4 Å². The summed E-state index contributed by atoms with van der Waals surface area (Å²) >= 11 is 0. The van der Waals surface area contributed by atoms with Gasteiger partial charge in [-0.25, -0.2) is 8.42 Å². The molecular formula is C23H30N4O6S. The fourth-order valence-electron chi connectivity index (χ4n) is 4.16. The third-order valence-electron chi connectivity index (χ3n) is 6.07. The van der Waals surface area contributed by atoms with Crippen LogP contribution in [0.5, 0.6) is 0 Å². The van der Waals surface area contributed by atoms with Crippen LogP contribution in [0, 0.1) is 5.92 Å². The van der Waals surface area contributed by atoms with E-state index in [4.69, 9.17) is 9.15 Å². The smallest absolute Gasteiger partial charge is 0.243 e. The van der Waals surface area contributed by atoms with E-state index in [1.165, 1.54) is 16.4 Å². The number of furan rings is 1. The molecule has 2 fully saturated rings. The summed E-state index contributed by atoms with van der Waals surface area (Å²) in [5.41, 5.74) is 0.437. The monoisotopic (exact) mass is 490 g/mol. The Balaban J connectivity index is 1.24. The van der Waals surface area contributed by atoms with Crippen molar-refractivity contribution in [3.05, 3.63) is 48.4 Å². The molecule has 0 spiro atoms. The summed E-state index contributed by atoms with van der Waals surface area (Å²) in [6.45, 7) is 3.20. The Bertz CT molecular complexity index is 1070. The molecule has 2 aliphatic heterocycles. The third kappa shape index (κ3) is 6.23. The standard InChI is InChI=1S/C23H30N4O6S/c28-22(17-26-8-6-18(7-9-26)23(29)24-16-20-4-2-12-33-20)25-19-3-1-5-21(15-19)34(30,31)27-10-13-32-14-11-27/h1-5,12,15,18H,6-11,13-14,16-17H2,(H,24,29)(H,25,28). The van der Waals surface area contributed by atoms with Crippen LogP contribution in [0.15, 0.2) is 52.0 Å². The Kier molecular flexibility index (Phi) is 7.99. The van der Waals surface area contributed by atoms with Gasteiger partial charge in [-0.05, 0) is 56.3 Å². The van der Waals surface area contributed by atoms with E-state index in [9.17, 15) is 18.0 Å². The summed E-state index contributed by atoms with van der Waals surface area (Å²) in [5.74, 6) is 0.404. The number of nitrogens with zero attached hydrogens (tertiary/aromatic N) is 2. The third-order valence-corrected chi connectivity index (χ3v) is 7.96. The second-order valence-corrected chi connectivity index (χ2v) is 10.4. The van der Waals surface area contributed by atoms with Crippen molar-refractivity contribution in [2.24, 2.45) is 5.92 Å². The molecule has 2 N–H and O–H groups in total. The van der Waals surface area contributed by atoms with Gasteiger partial charge in [0.15, 0.2) is 0 Å². The molecule has 184 valence electrons. The number of nitrogens with one attached hydrogen (secondary N) is 2. The van der Waals surface area contributed by atoms with Gasteiger partial charge in [-0.1, -0.05) is 6.07 Å². The number of sulfonamides is 1. The molecule has 10 nitrogen and oxygen atoms in total. The summed E-state index contributed by atoms with van der Waals surface area (Å²) in [6.07, 6.45) is 2.92. The first-order valence-electron chi connectivity index (χ1n) is 11.4. The van der Waals surface area contributed by atoms with E-state index in [1.54, 1.807) is 24.5 Å². The van der Waals surface area contributed by atoms with Gasteiger partial charge in [0, 0.05) is 24.7 Å². The highest BCUT2D eigenvalue weighted by Crippen LogP contribution is 2.21. The van der Waals surface area contributed by atoms with Crippen LogP contribution in [0.2, 0.25) is 0 Å². The number of ether oxygens (including phenoxy) is 1. The largest absolute Gasteiger partial charge is 0.467 e. The maximum atomic E-state index is 12.9. The highest BCUT2D eigenvalue weighted by molar-refractivity contribution is 7.89. The highest BCUT2D eigenvalue weighted by Gasteiger charge is 2.28. The normalized spacial score (nSPS) is 18.5. The van der Waals surface area contributed by atoms with Crippen molar-refractivity contribution >= 4 is 27.5 Å². The Morgan fingerprint density at radius 2 is 1.79 bits per heavy atom. The molecule has 1 aromatic carbocycles. The Labute approximate surface area is 199 Å². The first-order chi connectivity index (χ1) is 16.4. The number of benzene rings is 1. The number of rotatable bonds is 8. The number of carbonyl (C=O) groups excluding carboxylic acids is 2. The van der Waals surface area contributed by atoms with Gasteiger partial charge in [0.25, 0.3) is 0 Å². The molecular weight excluding hydrogens is 460 g/mol. The summed E-state index contributed by atoms with van der Waals surface area (Å²) in [6, 6.07) is 9.90. The van der Waals surface area contributed by atoms with E-state index in [0.29, 0.717) is 70.2 Å². The lowest BCUT2D eigenvalue weighted by Gasteiger charge is -2.30. The van der Waals surface area contributed by atoms with Gasteiger partial charge in [0.2, 0.25) is 21.8 Å². The van der Waals surface area contributed by atoms with Crippen LogP contribution in [0.3, 0.4) is 0 Å². The topological polar surface area (TPSA) is 121 Å². The quantitative estimate of drug-likeness (QED) is 0.572. The highest BCUT2D eigenvalue weighted by atomic mass is 32.2.